The third-order valence-corrected chi connectivity index (χ3v) is 4.62. The van der Waals surface area contributed by atoms with Crippen molar-refractivity contribution in [3.8, 4) is 0 Å². The standard InChI is InChI=1S/C19H26N4O8S/c20-11(6-10-4-2-1-3-5-10)16(27)21-12(7-15(25)26)17(28)23-14(9-32)18(29)22-13(8-24)19(30)31/h1-5,11-14,24,32H,6-9,20H2,(H,21,27)(H,22,29)(H,23,28)(H,25,26)(H,30,31). The van der Waals surface area contributed by atoms with Crippen LogP contribution in [0.2, 0.25) is 0 Å². The number of carbonyl (C=O) groups excluding carboxylic acids is 3. The molecule has 0 aromatic heterocycles. The highest BCUT2D eigenvalue weighted by atomic mass is 32.1. The Morgan fingerprint density at radius 2 is 1.41 bits per heavy atom. The van der Waals surface area contributed by atoms with Crippen molar-refractivity contribution in [3.05, 3.63) is 35.9 Å². The number of rotatable bonds is 13. The number of amides is 3. The van der Waals surface area contributed by atoms with Gasteiger partial charge >= 0.3 is 11.9 Å². The van der Waals surface area contributed by atoms with Gasteiger partial charge in [0, 0.05) is 5.75 Å². The smallest absolute Gasteiger partial charge is 0.328 e. The number of aliphatic carboxylic acids is 2. The molecule has 1 aromatic rings. The molecule has 0 saturated heterocycles. The van der Waals surface area contributed by atoms with E-state index < -0.39 is 66.9 Å². The first-order valence-electron chi connectivity index (χ1n) is 9.46. The van der Waals surface area contributed by atoms with E-state index in [0.717, 1.165) is 5.56 Å². The average molecular weight is 471 g/mol. The number of thiol groups is 1. The lowest BCUT2D eigenvalue weighted by atomic mass is 10.1. The number of carboxylic acids is 2. The van der Waals surface area contributed by atoms with Crippen LogP contribution in [0.5, 0.6) is 0 Å². The van der Waals surface area contributed by atoms with E-state index >= 15 is 0 Å². The lowest BCUT2D eigenvalue weighted by Crippen LogP contribution is -2.58. The topological polar surface area (TPSA) is 208 Å². The minimum atomic E-state index is -1.60. The molecular weight excluding hydrogens is 444 g/mol. The van der Waals surface area contributed by atoms with Crippen LogP contribution in [-0.4, -0.2) is 81.5 Å². The van der Waals surface area contributed by atoms with Crippen LogP contribution < -0.4 is 21.7 Å². The second-order valence-electron chi connectivity index (χ2n) is 6.78. The van der Waals surface area contributed by atoms with Crippen LogP contribution in [0.25, 0.3) is 0 Å². The molecule has 0 radical (unpaired) electrons. The number of carboxylic acid groups (broad SMARTS) is 2. The number of aliphatic hydroxyl groups is 1. The van der Waals surface area contributed by atoms with Gasteiger partial charge < -0.3 is 37.0 Å². The van der Waals surface area contributed by atoms with Gasteiger partial charge in [-0.2, -0.15) is 12.6 Å². The Morgan fingerprint density at radius 3 is 1.91 bits per heavy atom. The van der Waals surface area contributed by atoms with Crippen LogP contribution in [0.1, 0.15) is 12.0 Å². The van der Waals surface area contributed by atoms with E-state index in [1.54, 1.807) is 30.3 Å². The Kier molecular flexibility index (Phi) is 11.2. The lowest BCUT2D eigenvalue weighted by Gasteiger charge is -2.23. The third kappa shape index (κ3) is 8.91. The van der Waals surface area contributed by atoms with Crippen molar-refractivity contribution in [2.75, 3.05) is 12.4 Å². The summed E-state index contributed by atoms with van der Waals surface area (Å²) < 4.78 is 0. The molecule has 0 heterocycles. The Balaban J connectivity index is 2.82. The molecule has 0 fully saturated rings. The molecular formula is C19H26N4O8S. The second-order valence-corrected chi connectivity index (χ2v) is 7.15. The minimum absolute atomic E-state index is 0.146. The molecule has 0 aliphatic heterocycles. The van der Waals surface area contributed by atoms with Crippen LogP contribution in [0, 0.1) is 0 Å². The number of aliphatic hydroxyl groups excluding tert-OH is 1. The largest absolute Gasteiger partial charge is 0.481 e. The summed E-state index contributed by atoms with van der Waals surface area (Å²) in [6.45, 7) is -0.884. The van der Waals surface area contributed by atoms with Gasteiger partial charge in [-0.1, -0.05) is 30.3 Å². The van der Waals surface area contributed by atoms with Gasteiger partial charge in [0.1, 0.15) is 18.1 Å². The zero-order valence-corrected chi connectivity index (χ0v) is 17.8. The van der Waals surface area contributed by atoms with Gasteiger partial charge in [-0.25, -0.2) is 4.79 Å². The molecule has 0 spiro atoms. The van der Waals surface area contributed by atoms with Crippen LogP contribution in [-0.2, 0) is 30.4 Å². The fourth-order valence-electron chi connectivity index (χ4n) is 2.55. The minimum Gasteiger partial charge on any atom is -0.481 e. The average Bonchev–Trinajstić information content (AvgIpc) is 2.74. The van der Waals surface area contributed by atoms with Gasteiger partial charge in [-0.05, 0) is 12.0 Å². The van der Waals surface area contributed by atoms with Crippen molar-refractivity contribution >= 4 is 42.3 Å². The van der Waals surface area contributed by atoms with Crippen molar-refractivity contribution in [2.45, 2.75) is 37.0 Å². The van der Waals surface area contributed by atoms with Crippen molar-refractivity contribution < 1.29 is 39.3 Å². The molecule has 4 unspecified atom stereocenters. The van der Waals surface area contributed by atoms with Crippen LogP contribution in [0.15, 0.2) is 30.3 Å². The van der Waals surface area contributed by atoms with Crippen LogP contribution in [0.4, 0.5) is 0 Å². The van der Waals surface area contributed by atoms with Crippen molar-refractivity contribution in [2.24, 2.45) is 5.73 Å². The van der Waals surface area contributed by atoms with E-state index in [0.29, 0.717) is 0 Å². The summed E-state index contributed by atoms with van der Waals surface area (Å²) in [7, 11) is 0. The van der Waals surface area contributed by atoms with E-state index in [2.05, 4.69) is 23.3 Å². The van der Waals surface area contributed by atoms with E-state index in [-0.39, 0.29) is 12.2 Å². The fraction of sp³-hybridized carbons (Fsp3) is 0.421. The molecule has 1 aromatic carbocycles. The number of benzene rings is 1. The molecule has 0 aliphatic carbocycles. The predicted molar refractivity (Wildman–Crippen MR) is 115 cm³/mol. The van der Waals surface area contributed by atoms with E-state index in [4.69, 9.17) is 21.1 Å². The van der Waals surface area contributed by atoms with Gasteiger partial charge in [0.25, 0.3) is 0 Å². The SMILES string of the molecule is NC(Cc1ccccc1)C(=O)NC(CC(=O)O)C(=O)NC(CS)C(=O)NC(CO)C(=O)O. The van der Waals surface area contributed by atoms with Crippen molar-refractivity contribution in [3.63, 3.8) is 0 Å². The Morgan fingerprint density at radius 1 is 0.875 bits per heavy atom. The third-order valence-electron chi connectivity index (χ3n) is 4.26. The fourth-order valence-corrected chi connectivity index (χ4v) is 2.80. The Labute approximate surface area is 189 Å². The van der Waals surface area contributed by atoms with Gasteiger partial charge in [-0.15, -0.1) is 0 Å². The first kappa shape index (κ1) is 26.9. The van der Waals surface area contributed by atoms with E-state index in [9.17, 15) is 24.0 Å². The second kappa shape index (κ2) is 13.3. The first-order chi connectivity index (χ1) is 15.1. The number of carbonyl (C=O) groups is 5. The molecule has 0 bridgehead atoms. The molecule has 32 heavy (non-hydrogen) atoms. The number of nitrogens with two attached hydrogens (primary N) is 1. The molecule has 176 valence electrons. The summed E-state index contributed by atoms with van der Waals surface area (Å²) in [6, 6.07) is 3.23. The highest BCUT2D eigenvalue weighted by molar-refractivity contribution is 7.80. The van der Waals surface area contributed by atoms with Gasteiger partial charge in [-0.3, -0.25) is 19.2 Å². The summed E-state index contributed by atoms with van der Waals surface area (Å²) >= 11 is 3.92. The van der Waals surface area contributed by atoms with Crippen molar-refractivity contribution in [1.82, 2.24) is 16.0 Å². The quantitative estimate of drug-likeness (QED) is 0.143. The Hall–Kier alpha value is -3.16. The van der Waals surface area contributed by atoms with Crippen LogP contribution in [0.3, 0.4) is 0 Å². The number of nitrogens with one attached hydrogen (secondary N) is 3. The molecule has 12 nitrogen and oxygen atoms in total. The summed E-state index contributed by atoms with van der Waals surface area (Å²) in [6.07, 6.45) is -0.640. The zero-order chi connectivity index (χ0) is 24.3. The highest BCUT2D eigenvalue weighted by Crippen LogP contribution is 2.03. The molecule has 0 saturated carbocycles. The molecule has 13 heteroatoms. The van der Waals surface area contributed by atoms with Crippen LogP contribution >= 0.6 is 12.6 Å². The maximum absolute atomic E-state index is 12.5. The summed E-state index contributed by atoms with van der Waals surface area (Å²) in [5.74, 6) is -5.88. The summed E-state index contributed by atoms with van der Waals surface area (Å²) in [5.41, 5.74) is 6.62. The molecule has 0 aliphatic rings. The van der Waals surface area contributed by atoms with E-state index in [1.165, 1.54) is 0 Å². The Bertz CT molecular complexity index is 823. The maximum atomic E-state index is 12.5. The molecule has 3 amide bonds. The highest BCUT2D eigenvalue weighted by Gasteiger charge is 2.30. The molecule has 4 atom stereocenters. The first-order valence-corrected chi connectivity index (χ1v) is 10.1. The summed E-state index contributed by atoms with van der Waals surface area (Å²) in [5, 5.41) is 33.5. The summed E-state index contributed by atoms with van der Waals surface area (Å²) in [4.78, 5) is 59.2. The van der Waals surface area contributed by atoms with E-state index in [1.807, 2.05) is 5.32 Å². The number of hydrogen-bond acceptors (Lipinski definition) is 8. The monoisotopic (exact) mass is 470 g/mol. The number of hydrogen-bond donors (Lipinski definition) is 8. The zero-order valence-electron chi connectivity index (χ0n) is 16.9. The van der Waals surface area contributed by atoms with Gasteiger partial charge in [0.15, 0.2) is 0 Å². The van der Waals surface area contributed by atoms with Gasteiger partial charge in [0.2, 0.25) is 17.7 Å². The molecule has 8 N–H and O–H groups in total. The van der Waals surface area contributed by atoms with Gasteiger partial charge in [0.05, 0.1) is 19.1 Å². The lowest BCUT2D eigenvalue weighted by molar-refractivity contribution is -0.144. The van der Waals surface area contributed by atoms with Crippen molar-refractivity contribution in [1.29, 1.82) is 0 Å². The normalized spacial score (nSPS) is 14.3. The predicted octanol–water partition coefficient (Wildman–Crippen LogP) is -2.51. The maximum Gasteiger partial charge on any atom is 0.328 e. The molecule has 1 rings (SSSR count).